The average molecular weight is 408 g/mol. The number of ether oxygens (including phenoxy) is 1. The second kappa shape index (κ2) is 11.0. The Morgan fingerprint density at radius 1 is 1.07 bits per heavy atom. The third-order valence-corrected chi connectivity index (χ3v) is 5.29. The Morgan fingerprint density at radius 2 is 1.77 bits per heavy atom. The molecule has 1 saturated heterocycles. The van der Waals surface area contributed by atoms with Crippen molar-refractivity contribution in [3.63, 3.8) is 0 Å². The van der Waals surface area contributed by atoms with Gasteiger partial charge in [-0.1, -0.05) is 42.5 Å². The molecule has 0 bridgehead atoms. The normalized spacial score (nSPS) is 15.7. The van der Waals surface area contributed by atoms with E-state index in [0.717, 1.165) is 39.3 Å². The number of benzene rings is 2. The first-order valence-electron chi connectivity index (χ1n) is 10.8. The highest BCUT2D eigenvalue weighted by atomic mass is 16.5. The summed E-state index contributed by atoms with van der Waals surface area (Å²) in [4.78, 5) is 17.4. The van der Waals surface area contributed by atoms with Crippen LogP contribution in [0, 0.1) is 0 Å². The molecular formula is C25H33N3O2. The number of hydrogen-bond donors (Lipinski definition) is 1. The zero-order chi connectivity index (χ0) is 21.3. The van der Waals surface area contributed by atoms with Crippen LogP contribution in [0.15, 0.2) is 54.6 Å². The fourth-order valence-electron chi connectivity index (χ4n) is 3.58. The van der Waals surface area contributed by atoms with E-state index in [1.165, 1.54) is 5.56 Å². The van der Waals surface area contributed by atoms with Crippen LogP contribution in [0.25, 0.3) is 6.08 Å². The molecule has 5 nitrogen and oxygen atoms in total. The van der Waals surface area contributed by atoms with Gasteiger partial charge in [0.15, 0.2) is 5.78 Å². The molecule has 2 aromatic carbocycles. The molecule has 0 unspecified atom stereocenters. The summed E-state index contributed by atoms with van der Waals surface area (Å²) in [5, 5.41) is 0. The monoisotopic (exact) mass is 407 g/mol. The van der Waals surface area contributed by atoms with Crippen LogP contribution in [0.1, 0.15) is 36.2 Å². The van der Waals surface area contributed by atoms with Crippen LogP contribution < -0.4 is 10.5 Å². The molecule has 3 rings (SSSR count). The molecular weight excluding hydrogens is 374 g/mol. The molecule has 0 amide bonds. The van der Waals surface area contributed by atoms with Crippen molar-refractivity contribution < 1.29 is 9.53 Å². The van der Waals surface area contributed by atoms with Crippen LogP contribution in [0.2, 0.25) is 0 Å². The van der Waals surface area contributed by atoms with Gasteiger partial charge in [0, 0.05) is 51.3 Å². The Kier molecular flexibility index (Phi) is 8.05. The van der Waals surface area contributed by atoms with Crippen LogP contribution in [0.3, 0.4) is 0 Å². The number of piperazine rings is 1. The molecule has 0 radical (unpaired) electrons. The molecule has 0 aliphatic carbocycles. The number of nitrogens with two attached hydrogens (primary N) is 1. The number of carbonyl (C=O) groups is 1. The van der Waals surface area contributed by atoms with E-state index in [2.05, 4.69) is 46.2 Å². The molecule has 1 aliphatic rings. The summed E-state index contributed by atoms with van der Waals surface area (Å²) in [6, 6.07) is 15.7. The highest BCUT2D eigenvalue weighted by Crippen LogP contribution is 2.24. The van der Waals surface area contributed by atoms with Crippen molar-refractivity contribution in [2.75, 3.05) is 45.0 Å². The fraction of sp³-hybridized carbons (Fsp3) is 0.400. The van der Waals surface area contributed by atoms with Crippen molar-refractivity contribution >= 4 is 17.5 Å². The van der Waals surface area contributed by atoms with Gasteiger partial charge in [-0.25, -0.2) is 0 Å². The zero-order valence-corrected chi connectivity index (χ0v) is 18.1. The van der Waals surface area contributed by atoms with E-state index in [9.17, 15) is 4.79 Å². The number of anilines is 1. The largest absolute Gasteiger partial charge is 0.489 e. The lowest BCUT2D eigenvalue weighted by Gasteiger charge is -2.34. The number of nitrogen functional groups attached to an aromatic ring is 1. The first-order valence-corrected chi connectivity index (χ1v) is 10.8. The summed E-state index contributed by atoms with van der Waals surface area (Å²) in [7, 11) is 0. The molecule has 2 N–H and O–H groups in total. The van der Waals surface area contributed by atoms with E-state index in [0.29, 0.717) is 23.4 Å². The Bertz CT molecular complexity index is 841. The topological polar surface area (TPSA) is 58.8 Å². The van der Waals surface area contributed by atoms with Gasteiger partial charge < -0.3 is 15.4 Å². The van der Waals surface area contributed by atoms with Crippen LogP contribution >= 0.6 is 0 Å². The second-order valence-electron chi connectivity index (χ2n) is 8.05. The molecule has 0 spiro atoms. The van der Waals surface area contributed by atoms with Gasteiger partial charge >= 0.3 is 0 Å². The molecule has 2 aromatic rings. The lowest BCUT2D eigenvalue weighted by Crippen LogP contribution is -2.46. The van der Waals surface area contributed by atoms with Gasteiger partial charge in [0.2, 0.25) is 0 Å². The van der Waals surface area contributed by atoms with E-state index >= 15 is 0 Å². The first-order chi connectivity index (χ1) is 14.5. The molecule has 1 fully saturated rings. The summed E-state index contributed by atoms with van der Waals surface area (Å²) in [5.41, 5.74) is 8.46. The quantitative estimate of drug-likeness (QED) is 0.504. The highest BCUT2D eigenvalue weighted by molar-refractivity contribution is 5.97. The first kappa shape index (κ1) is 22.1. The van der Waals surface area contributed by atoms with Gasteiger partial charge in [-0.2, -0.15) is 0 Å². The van der Waals surface area contributed by atoms with Gasteiger partial charge in [0.1, 0.15) is 5.75 Å². The summed E-state index contributed by atoms with van der Waals surface area (Å²) < 4.78 is 5.64. The van der Waals surface area contributed by atoms with Crippen molar-refractivity contribution in [3.05, 3.63) is 65.7 Å². The van der Waals surface area contributed by atoms with Crippen LogP contribution in [-0.4, -0.2) is 61.0 Å². The lowest BCUT2D eigenvalue weighted by molar-refractivity contribution is 0.0935. The Hall–Kier alpha value is -2.63. The maximum Gasteiger partial charge on any atom is 0.164 e. The van der Waals surface area contributed by atoms with Gasteiger partial charge in [0.05, 0.1) is 11.8 Å². The van der Waals surface area contributed by atoms with Crippen molar-refractivity contribution in [2.45, 2.75) is 26.4 Å². The van der Waals surface area contributed by atoms with Crippen molar-refractivity contribution in [1.82, 2.24) is 9.80 Å². The fourth-order valence-corrected chi connectivity index (χ4v) is 3.58. The van der Waals surface area contributed by atoms with Gasteiger partial charge in [-0.3, -0.25) is 9.69 Å². The molecule has 0 aromatic heterocycles. The van der Waals surface area contributed by atoms with Crippen molar-refractivity contribution in [1.29, 1.82) is 0 Å². The maximum absolute atomic E-state index is 12.6. The highest BCUT2D eigenvalue weighted by Gasteiger charge is 2.17. The summed E-state index contributed by atoms with van der Waals surface area (Å²) in [5.74, 6) is 0.769. The molecule has 1 heterocycles. The van der Waals surface area contributed by atoms with E-state index in [-0.39, 0.29) is 11.9 Å². The van der Waals surface area contributed by atoms with E-state index in [1.54, 1.807) is 12.1 Å². The molecule has 1 aliphatic heterocycles. The standard InChI is InChI=1S/C25H33N3O2/c1-20(2)30-25-11-10-22(19-23(25)26)24(29)12-14-28-17-15-27(16-18-28)13-6-9-21-7-4-3-5-8-21/h3-11,19-20H,12-18,26H2,1-2H3/b9-6+. The number of rotatable bonds is 9. The number of hydrogen-bond acceptors (Lipinski definition) is 5. The smallest absolute Gasteiger partial charge is 0.164 e. The average Bonchev–Trinajstić information content (AvgIpc) is 2.75. The van der Waals surface area contributed by atoms with E-state index in [1.807, 2.05) is 26.0 Å². The van der Waals surface area contributed by atoms with Crippen LogP contribution in [0.5, 0.6) is 5.75 Å². The minimum Gasteiger partial charge on any atom is -0.489 e. The Balaban J connectivity index is 1.39. The number of carbonyl (C=O) groups excluding carboxylic acids is 1. The third-order valence-electron chi connectivity index (χ3n) is 5.29. The Morgan fingerprint density at radius 3 is 2.43 bits per heavy atom. The zero-order valence-electron chi connectivity index (χ0n) is 18.1. The molecule has 160 valence electrons. The predicted molar refractivity (Wildman–Crippen MR) is 124 cm³/mol. The summed E-state index contributed by atoms with van der Waals surface area (Å²) >= 11 is 0. The number of Topliss-reactive ketones (excluding diaryl/α,β-unsaturated/α-hetero) is 1. The Labute approximate surface area is 180 Å². The molecule has 0 saturated carbocycles. The molecule has 0 atom stereocenters. The minimum absolute atomic E-state index is 0.0568. The van der Waals surface area contributed by atoms with Crippen LogP contribution in [0.4, 0.5) is 5.69 Å². The molecule has 5 heteroatoms. The second-order valence-corrected chi connectivity index (χ2v) is 8.05. The SMILES string of the molecule is CC(C)Oc1ccc(C(=O)CCN2CCN(C/C=C/c3ccccc3)CC2)cc1N. The number of nitrogens with zero attached hydrogens (tertiary/aromatic N) is 2. The number of ketones is 1. The van der Waals surface area contributed by atoms with Crippen molar-refractivity contribution in [2.24, 2.45) is 0 Å². The van der Waals surface area contributed by atoms with Gasteiger partial charge in [-0.05, 0) is 37.6 Å². The summed E-state index contributed by atoms with van der Waals surface area (Å²) in [6.45, 7) is 9.71. The van der Waals surface area contributed by atoms with Crippen LogP contribution in [-0.2, 0) is 0 Å². The van der Waals surface area contributed by atoms with Gasteiger partial charge in [-0.15, -0.1) is 0 Å². The van der Waals surface area contributed by atoms with Crippen molar-refractivity contribution in [3.8, 4) is 5.75 Å². The maximum atomic E-state index is 12.6. The van der Waals surface area contributed by atoms with E-state index < -0.39 is 0 Å². The summed E-state index contributed by atoms with van der Waals surface area (Å²) in [6.07, 6.45) is 4.97. The molecule has 30 heavy (non-hydrogen) atoms. The van der Waals surface area contributed by atoms with Gasteiger partial charge in [0.25, 0.3) is 0 Å². The third kappa shape index (κ3) is 6.71. The predicted octanol–water partition coefficient (Wildman–Crippen LogP) is 3.96. The van der Waals surface area contributed by atoms with E-state index in [4.69, 9.17) is 10.5 Å². The lowest BCUT2D eigenvalue weighted by atomic mass is 10.1. The minimum atomic E-state index is 0.0568.